The molecule has 5 heteroatoms. The molecule has 1 aromatic heterocycles. The molecule has 4 nitrogen and oxygen atoms in total. The number of benzene rings is 1. The summed E-state index contributed by atoms with van der Waals surface area (Å²) in [6.07, 6.45) is 3.68. The first kappa shape index (κ1) is 16.3. The molecular formula is C17H20ClN3O. The normalized spacial score (nSPS) is 10.3. The number of amides is 1. The van der Waals surface area contributed by atoms with Gasteiger partial charge in [0.15, 0.2) is 0 Å². The van der Waals surface area contributed by atoms with E-state index in [0.29, 0.717) is 10.7 Å². The molecule has 1 N–H and O–H groups in total. The van der Waals surface area contributed by atoms with Gasteiger partial charge >= 0.3 is 0 Å². The van der Waals surface area contributed by atoms with Crippen molar-refractivity contribution in [3.05, 3.63) is 53.3 Å². The van der Waals surface area contributed by atoms with Crippen LogP contribution in [0.15, 0.2) is 42.6 Å². The number of nitrogens with one attached hydrogen (secondary N) is 1. The van der Waals surface area contributed by atoms with Crippen LogP contribution in [0.1, 0.15) is 30.3 Å². The topological polar surface area (TPSA) is 45.2 Å². The smallest absolute Gasteiger partial charge is 0.272 e. The van der Waals surface area contributed by atoms with Gasteiger partial charge in [0.25, 0.3) is 5.91 Å². The minimum absolute atomic E-state index is 0.0665. The SMILES string of the molecule is CCCCN(C)C(=O)c1cc(Nc2cccc(Cl)c2)ccn1. The zero-order valence-electron chi connectivity index (χ0n) is 12.8. The largest absolute Gasteiger partial charge is 0.355 e. The van der Waals surface area contributed by atoms with Gasteiger partial charge in [-0.25, -0.2) is 0 Å². The van der Waals surface area contributed by atoms with Crippen LogP contribution in [-0.4, -0.2) is 29.4 Å². The van der Waals surface area contributed by atoms with Gasteiger partial charge in [-0.15, -0.1) is 0 Å². The maximum Gasteiger partial charge on any atom is 0.272 e. The lowest BCUT2D eigenvalue weighted by Crippen LogP contribution is -2.28. The van der Waals surface area contributed by atoms with E-state index in [2.05, 4.69) is 17.2 Å². The lowest BCUT2D eigenvalue weighted by Gasteiger charge is -2.16. The summed E-state index contributed by atoms with van der Waals surface area (Å²) in [5.74, 6) is -0.0665. The number of pyridine rings is 1. The zero-order valence-corrected chi connectivity index (χ0v) is 13.6. The first-order valence-electron chi connectivity index (χ1n) is 7.34. The highest BCUT2D eigenvalue weighted by Crippen LogP contribution is 2.20. The Hall–Kier alpha value is -2.07. The Morgan fingerprint density at radius 2 is 2.05 bits per heavy atom. The molecule has 0 radical (unpaired) electrons. The summed E-state index contributed by atoms with van der Waals surface area (Å²) in [5, 5.41) is 3.89. The highest BCUT2D eigenvalue weighted by atomic mass is 35.5. The van der Waals surface area contributed by atoms with Crippen molar-refractivity contribution in [2.45, 2.75) is 19.8 Å². The third-order valence-corrected chi connectivity index (χ3v) is 3.52. The molecule has 0 saturated carbocycles. The molecular weight excluding hydrogens is 298 g/mol. The van der Waals surface area contributed by atoms with Crippen molar-refractivity contribution in [1.29, 1.82) is 0 Å². The minimum Gasteiger partial charge on any atom is -0.355 e. The Balaban J connectivity index is 2.11. The number of aromatic nitrogens is 1. The Labute approximate surface area is 136 Å². The second kappa shape index (κ2) is 7.80. The molecule has 2 rings (SSSR count). The van der Waals surface area contributed by atoms with Crippen molar-refractivity contribution in [3.63, 3.8) is 0 Å². The van der Waals surface area contributed by atoms with Gasteiger partial charge < -0.3 is 10.2 Å². The van der Waals surface area contributed by atoms with E-state index in [-0.39, 0.29) is 5.91 Å². The van der Waals surface area contributed by atoms with Gasteiger partial charge in [0.05, 0.1) is 0 Å². The van der Waals surface area contributed by atoms with Crippen LogP contribution >= 0.6 is 11.6 Å². The van der Waals surface area contributed by atoms with Crippen LogP contribution in [0.2, 0.25) is 5.02 Å². The van der Waals surface area contributed by atoms with Gasteiger partial charge in [-0.05, 0) is 36.8 Å². The summed E-state index contributed by atoms with van der Waals surface area (Å²) in [4.78, 5) is 18.2. The molecule has 0 atom stereocenters. The summed E-state index contributed by atoms with van der Waals surface area (Å²) < 4.78 is 0. The summed E-state index contributed by atoms with van der Waals surface area (Å²) in [6.45, 7) is 2.84. The quantitative estimate of drug-likeness (QED) is 0.861. The van der Waals surface area contributed by atoms with Crippen molar-refractivity contribution in [2.24, 2.45) is 0 Å². The third kappa shape index (κ3) is 4.46. The van der Waals surface area contributed by atoms with Crippen LogP contribution < -0.4 is 5.32 Å². The number of unbranched alkanes of at least 4 members (excludes halogenated alkanes) is 1. The first-order chi connectivity index (χ1) is 10.6. The first-order valence-corrected chi connectivity index (χ1v) is 7.72. The van der Waals surface area contributed by atoms with Crippen LogP contribution in [0, 0.1) is 0 Å². The fraction of sp³-hybridized carbons (Fsp3) is 0.294. The van der Waals surface area contributed by atoms with Gasteiger partial charge in [0.2, 0.25) is 0 Å². The molecule has 2 aromatic rings. The summed E-state index contributed by atoms with van der Waals surface area (Å²) >= 11 is 5.97. The van der Waals surface area contributed by atoms with Gasteiger partial charge in [0.1, 0.15) is 5.69 Å². The van der Waals surface area contributed by atoms with Crippen LogP contribution in [0.25, 0.3) is 0 Å². The van der Waals surface area contributed by atoms with Crippen molar-refractivity contribution >= 4 is 28.9 Å². The molecule has 0 aliphatic carbocycles. The van der Waals surface area contributed by atoms with Gasteiger partial charge in [-0.1, -0.05) is 31.0 Å². The van der Waals surface area contributed by atoms with E-state index in [1.54, 1.807) is 24.2 Å². The van der Waals surface area contributed by atoms with E-state index in [9.17, 15) is 4.79 Å². The third-order valence-electron chi connectivity index (χ3n) is 3.29. The van der Waals surface area contributed by atoms with E-state index in [4.69, 9.17) is 11.6 Å². The molecule has 0 fully saturated rings. The van der Waals surface area contributed by atoms with Gasteiger partial charge in [-0.3, -0.25) is 9.78 Å². The van der Waals surface area contributed by atoms with Crippen molar-refractivity contribution < 1.29 is 4.79 Å². The van der Waals surface area contributed by atoms with E-state index >= 15 is 0 Å². The highest BCUT2D eigenvalue weighted by molar-refractivity contribution is 6.30. The monoisotopic (exact) mass is 317 g/mol. The number of nitrogens with zero attached hydrogens (tertiary/aromatic N) is 2. The second-order valence-electron chi connectivity index (χ2n) is 5.15. The van der Waals surface area contributed by atoms with Crippen LogP contribution in [0.3, 0.4) is 0 Å². The average molecular weight is 318 g/mol. The number of hydrogen-bond donors (Lipinski definition) is 1. The molecule has 0 spiro atoms. The van der Waals surface area contributed by atoms with E-state index in [1.165, 1.54) is 0 Å². The second-order valence-corrected chi connectivity index (χ2v) is 5.58. The Bertz CT molecular complexity index is 645. The predicted octanol–water partition coefficient (Wildman–Crippen LogP) is 4.35. The Morgan fingerprint density at radius 1 is 1.27 bits per heavy atom. The fourth-order valence-corrected chi connectivity index (χ4v) is 2.24. The van der Waals surface area contributed by atoms with Crippen LogP contribution in [-0.2, 0) is 0 Å². The zero-order chi connectivity index (χ0) is 15.9. The van der Waals surface area contributed by atoms with Gasteiger partial charge in [-0.2, -0.15) is 0 Å². The van der Waals surface area contributed by atoms with E-state index in [0.717, 1.165) is 30.8 Å². The van der Waals surface area contributed by atoms with Gasteiger partial charge in [0, 0.05) is 36.2 Å². The predicted molar refractivity (Wildman–Crippen MR) is 90.8 cm³/mol. The van der Waals surface area contributed by atoms with E-state index in [1.807, 2.05) is 30.3 Å². The summed E-state index contributed by atoms with van der Waals surface area (Å²) in [5.41, 5.74) is 2.12. The van der Waals surface area contributed by atoms with Crippen molar-refractivity contribution in [3.8, 4) is 0 Å². The Kier molecular flexibility index (Phi) is 5.78. The molecule has 1 aromatic carbocycles. The number of hydrogen-bond acceptors (Lipinski definition) is 3. The standard InChI is InChI=1S/C17H20ClN3O/c1-3-4-10-21(2)17(22)16-12-15(8-9-19-16)20-14-7-5-6-13(18)11-14/h5-9,11-12H,3-4,10H2,1-2H3,(H,19,20). The van der Waals surface area contributed by atoms with E-state index < -0.39 is 0 Å². The molecule has 22 heavy (non-hydrogen) atoms. The molecule has 1 heterocycles. The average Bonchev–Trinajstić information content (AvgIpc) is 2.52. The van der Waals surface area contributed by atoms with Crippen molar-refractivity contribution in [2.75, 3.05) is 18.9 Å². The lowest BCUT2D eigenvalue weighted by molar-refractivity contribution is 0.0787. The maximum atomic E-state index is 12.3. The number of anilines is 2. The summed E-state index contributed by atoms with van der Waals surface area (Å²) in [7, 11) is 1.80. The molecule has 0 unspecified atom stereocenters. The highest BCUT2D eigenvalue weighted by Gasteiger charge is 2.13. The number of carbonyl (C=O) groups excluding carboxylic acids is 1. The van der Waals surface area contributed by atoms with Crippen LogP contribution in [0.5, 0.6) is 0 Å². The molecule has 0 aliphatic heterocycles. The molecule has 0 saturated heterocycles. The summed E-state index contributed by atoms with van der Waals surface area (Å²) in [6, 6.07) is 11.0. The fourth-order valence-electron chi connectivity index (χ4n) is 2.05. The number of carbonyl (C=O) groups is 1. The molecule has 0 aliphatic rings. The Morgan fingerprint density at radius 3 is 2.77 bits per heavy atom. The lowest BCUT2D eigenvalue weighted by atomic mass is 10.2. The number of halogens is 1. The molecule has 1 amide bonds. The number of rotatable bonds is 6. The minimum atomic E-state index is -0.0665. The van der Waals surface area contributed by atoms with Crippen LogP contribution in [0.4, 0.5) is 11.4 Å². The maximum absolute atomic E-state index is 12.3. The van der Waals surface area contributed by atoms with Crippen molar-refractivity contribution in [1.82, 2.24) is 9.88 Å². The molecule has 116 valence electrons. The molecule has 0 bridgehead atoms.